The molecule has 0 aliphatic rings. The molecule has 0 amide bonds. The molecule has 12 heteroatoms. The van der Waals surface area contributed by atoms with E-state index in [0.717, 1.165) is 45.6 Å². The quantitative estimate of drug-likeness (QED) is 0.0543. The summed E-state index contributed by atoms with van der Waals surface area (Å²) in [6, 6.07) is 8.68. The number of benzene rings is 2. The largest absolute Gasteiger partial charge is 0.461 e. The number of carbonyl (C=O) groups is 2. The van der Waals surface area contributed by atoms with Crippen molar-refractivity contribution in [2.24, 2.45) is 0 Å². The SMILES string of the molecule is C=C(C)C(=O)OCCSC(C)Sc1c(Br)cc(Cc2cc(Br)c(SC(C)SCCOC(=O)C(=C)C)c(Br)c2)cc1Br. The van der Waals surface area contributed by atoms with Gasteiger partial charge in [-0.15, -0.1) is 47.0 Å². The Balaban J connectivity index is 1.95. The average Bonchev–Trinajstić information content (AvgIpc) is 2.88. The van der Waals surface area contributed by atoms with Crippen LogP contribution in [-0.4, -0.2) is 45.8 Å². The molecule has 0 saturated carbocycles. The zero-order valence-corrected chi connectivity index (χ0v) is 32.8. The Kier molecular flexibility index (Phi) is 17.2. The van der Waals surface area contributed by atoms with Crippen molar-refractivity contribution in [1.82, 2.24) is 0 Å². The van der Waals surface area contributed by atoms with E-state index in [1.807, 2.05) is 0 Å². The second kappa shape index (κ2) is 18.9. The van der Waals surface area contributed by atoms with Gasteiger partial charge in [-0.3, -0.25) is 0 Å². The van der Waals surface area contributed by atoms with Gasteiger partial charge in [0, 0.05) is 50.3 Å². The molecule has 0 radical (unpaired) electrons. The molecule has 2 rings (SSSR count). The summed E-state index contributed by atoms with van der Waals surface area (Å²) in [6.07, 6.45) is 0.779. The minimum atomic E-state index is -0.344. The van der Waals surface area contributed by atoms with Gasteiger partial charge in [-0.05, 0) is 133 Å². The Morgan fingerprint density at radius 3 is 1.32 bits per heavy atom. The monoisotopic (exact) mass is 888 g/mol. The Morgan fingerprint density at radius 1 is 0.707 bits per heavy atom. The van der Waals surface area contributed by atoms with E-state index in [0.29, 0.717) is 24.4 Å². The van der Waals surface area contributed by atoms with Crippen LogP contribution in [0.1, 0.15) is 38.8 Å². The van der Waals surface area contributed by atoms with Crippen LogP contribution in [0.15, 0.2) is 76.3 Å². The number of halogens is 4. The molecule has 41 heavy (non-hydrogen) atoms. The van der Waals surface area contributed by atoms with Crippen molar-refractivity contribution in [1.29, 1.82) is 0 Å². The first-order chi connectivity index (χ1) is 19.3. The van der Waals surface area contributed by atoms with Crippen molar-refractivity contribution in [3.63, 3.8) is 0 Å². The maximum absolute atomic E-state index is 11.5. The Hall–Kier alpha value is 0.180. The zero-order chi connectivity index (χ0) is 30.7. The molecule has 0 spiro atoms. The Bertz CT molecular complexity index is 1130. The molecular weight excluding hydrogens is 860 g/mol. The maximum atomic E-state index is 11.5. The van der Waals surface area contributed by atoms with E-state index in [4.69, 9.17) is 9.47 Å². The summed E-state index contributed by atoms with van der Waals surface area (Å²) < 4.78 is 15.1. The maximum Gasteiger partial charge on any atom is 0.333 e. The lowest BCUT2D eigenvalue weighted by atomic mass is 10.1. The highest BCUT2D eigenvalue weighted by Gasteiger charge is 2.16. The van der Waals surface area contributed by atoms with E-state index in [9.17, 15) is 9.59 Å². The number of carbonyl (C=O) groups excluding carboxylic acids is 2. The van der Waals surface area contributed by atoms with Crippen molar-refractivity contribution >= 4 is 123 Å². The van der Waals surface area contributed by atoms with Gasteiger partial charge in [0.25, 0.3) is 0 Å². The lowest BCUT2D eigenvalue weighted by Gasteiger charge is -2.16. The van der Waals surface area contributed by atoms with Gasteiger partial charge in [0.05, 0.1) is 9.16 Å². The molecule has 2 atom stereocenters. The van der Waals surface area contributed by atoms with Crippen LogP contribution in [0.25, 0.3) is 0 Å². The van der Waals surface area contributed by atoms with Gasteiger partial charge in [0.15, 0.2) is 0 Å². The summed E-state index contributed by atoms with van der Waals surface area (Å²) in [7, 11) is 0. The van der Waals surface area contributed by atoms with Crippen LogP contribution < -0.4 is 0 Å². The van der Waals surface area contributed by atoms with Gasteiger partial charge >= 0.3 is 11.9 Å². The van der Waals surface area contributed by atoms with Crippen LogP contribution in [0.5, 0.6) is 0 Å². The second-order valence-corrected chi connectivity index (χ2v) is 18.5. The molecule has 2 unspecified atom stereocenters. The first kappa shape index (κ1) is 37.4. The van der Waals surface area contributed by atoms with Crippen LogP contribution >= 0.6 is 111 Å². The zero-order valence-electron chi connectivity index (χ0n) is 23.2. The highest BCUT2D eigenvalue weighted by molar-refractivity contribution is 9.11. The summed E-state index contributed by atoms with van der Waals surface area (Å²) in [5.41, 5.74) is 3.21. The molecule has 0 fully saturated rings. The Labute approximate surface area is 294 Å². The first-order valence-corrected chi connectivity index (χ1v) is 19.5. The molecule has 0 aliphatic carbocycles. The van der Waals surface area contributed by atoms with Gasteiger partial charge in [0.2, 0.25) is 0 Å². The minimum absolute atomic E-state index is 0.279. The fourth-order valence-electron chi connectivity index (χ4n) is 3.23. The lowest BCUT2D eigenvalue weighted by Crippen LogP contribution is -2.08. The fraction of sp³-hybridized carbons (Fsp3) is 0.379. The number of thioether (sulfide) groups is 4. The van der Waals surface area contributed by atoms with Gasteiger partial charge in [0.1, 0.15) is 13.2 Å². The van der Waals surface area contributed by atoms with Gasteiger partial charge in [-0.1, -0.05) is 13.2 Å². The van der Waals surface area contributed by atoms with Crippen LogP contribution in [-0.2, 0) is 25.5 Å². The molecule has 224 valence electrons. The molecule has 2 aromatic carbocycles. The molecular formula is C29H32Br4O4S4. The van der Waals surface area contributed by atoms with Gasteiger partial charge in [-0.2, -0.15) is 0 Å². The van der Waals surface area contributed by atoms with Crippen molar-refractivity contribution in [2.45, 2.75) is 53.1 Å². The molecule has 4 nitrogen and oxygen atoms in total. The lowest BCUT2D eigenvalue weighted by molar-refractivity contribution is -0.139. The average molecular weight is 892 g/mol. The second-order valence-electron chi connectivity index (χ2n) is 8.90. The van der Waals surface area contributed by atoms with Crippen molar-refractivity contribution in [3.05, 3.63) is 77.6 Å². The predicted molar refractivity (Wildman–Crippen MR) is 194 cm³/mol. The fourth-order valence-corrected chi connectivity index (χ4v) is 11.0. The summed E-state index contributed by atoms with van der Waals surface area (Å²) >= 11 is 22.1. The number of ether oxygens (including phenoxy) is 2. The van der Waals surface area contributed by atoms with E-state index in [1.54, 1.807) is 60.9 Å². The molecule has 0 aromatic heterocycles. The van der Waals surface area contributed by atoms with E-state index in [1.165, 1.54) is 11.1 Å². The van der Waals surface area contributed by atoms with Crippen LogP contribution in [0.4, 0.5) is 0 Å². The van der Waals surface area contributed by atoms with Crippen LogP contribution in [0.2, 0.25) is 0 Å². The number of rotatable bonds is 16. The smallest absolute Gasteiger partial charge is 0.333 e. The van der Waals surface area contributed by atoms with Crippen molar-refractivity contribution in [3.8, 4) is 0 Å². The number of hydrogen-bond acceptors (Lipinski definition) is 8. The predicted octanol–water partition coefficient (Wildman–Crippen LogP) is 10.9. The van der Waals surface area contributed by atoms with Crippen molar-refractivity contribution in [2.75, 3.05) is 24.7 Å². The van der Waals surface area contributed by atoms with E-state index < -0.39 is 0 Å². The van der Waals surface area contributed by atoms with Crippen LogP contribution in [0, 0.1) is 0 Å². The highest BCUT2D eigenvalue weighted by atomic mass is 79.9. The number of hydrogen-bond donors (Lipinski definition) is 0. The molecule has 0 N–H and O–H groups in total. The third kappa shape index (κ3) is 13.4. The third-order valence-electron chi connectivity index (χ3n) is 5.13. The summed E-state index contributed by atoms with van der Waals surface area (Å²) in [5.74, 6) is 0.759. The van der Waals surface area contributed by atoms with Gasteiger partial charge in [-0.25, -0.2) is 9.59 Å². The first-order valence-electron chi connectivity index (χ1n) is 12.5. The van der Waals surface area contributed by atoms with E-state index in [-0.39, 0.29) is 21.1 Å². The summed E-state index contributed by atoms with van der Waals surface area (Å²) in [5, 5.41) is 0. The normalized spacial score (nSPS) is 12.5. The summed E-state index contributed by atoms with van der Waals surface area (Å²) in [4.78, 5) is 25.4. The van der Waals surface area contributed by atoms with E-state index in [2.05, 4.69) is 115 Å². The molecule has 0 heterocycles. The molecule has 0 aliphatic heterocycles. The minimum Gasteiger partial charge on any atom is -0.461 e. The summed E-state index contributed by atoms with van der Waals surface area (Å²) in [6.45, 7) is 15.5. The number of esters is 2. The van der Waals surface area contributed by atoms with Crippen molar-refractivity contribution < 1.29 is 19.1 Å². The Morgan fingerprint density at radius 2 is 1.02 bits per heavy atom. The van der Waals surface area contributed by atoms with Crippen LogP contribution in [0.3, 0.4) is 0 Å². The molecule has 0 bridgehead atoms. The molecule has 0 saturated heterocycles. The highest BCUT2D eigenvalue weighted by Crippen LogP contribution is 2.43. The van der Waals surface area contributed by atoms with Gasteiger partial charge < -0.3 is 9.47 Å². The van der Waals surface area contributed by atoms with E-state index >= 15 is 0 Å². The third-order valence-corrected chi connectivity index (χ3v) is 13.8. The molecule has 2 aromatic rings. The standard InChI is InChI=1S/C29H32Br4O4S4/c1-16(2)28(34)36-7-9-38-18(5)40-26-22(30)12-20(13-23(26)31)11-21-14-24(32)27(25(33)15-21)41-19(6)39-10-8-37-29(35)17(3)4/h12-15,18-19H,1,3,7-11H2,2,4-6H3. The topological polar surface area (TPSA) is 52.6 Å².